The highest BCUT2D eigenvalue weighted by atomic mass is 35.5. The molecule has 0 unspecified atom stereocenters. The average Bonchev–Trinajstić information content (AvgIpc) is 1.87. The van der Waals surface area contributed by atoms with Gasteiger partial charge in [-0.2, -0.15) is 0 Å². The van der Waals surface area contributed by atoms with Gasteiger partial charge in [-0.25, -0.2) is 4.39 Å². The lowest BCUT2D eigenvalue weighted by Gasteiger charge is -2.03. The van der Waals surface area contributed by atoms with Crippen LogP contribution < -0.4 is 0 Å². The predicted molar refractivity (Wildman–Crippen MR) is 48.2 cm³/mol. The van der Waals surface area contributed by atoms with Crippen LogP contribution in [0, 0.1) is 5.92 Å². The van der Waals surface area contributed by atoms with Gasteiger partial charge in [0.2, 0.25) is 0 Å². The van der Waals surface area contributed by atoms with Gasteiger partial charge in [0.05, 0.1) is 5.03 Å². The largest absolute Gasteiger partial charge is 0.206 e. The van der Waals surface area contributed by atoms with Crippen molar-refractivity contribution in [1.29, 1.82) is 0 Å². The van der Waals surface area contributed by atoms with E-state index in [0.717, 1.165) is 5.57 Å². The molecule has 0 radical (unpaired) electrons. The summed E-state index contributed by atoms with van der Waals surface area (Å²) in [6, 6.07) is 0. The molecule has 0 N–H and O–H groups in total. The van der Waals surface area contributed by atoms with Crippen molar-refractivity contribution in [3.05, 3.63) is 35.7 Å². The second kappa shape index (κ2) is 4.35. The number of hydrogen-bond donors (Lipinski definition) is 0. The number of allylic oxidation sites excluding steroid dienone is 4. The van der Waals surface area contributed by atoms with Crippen molar-refractivity contribution in [2.45, 2.75) is 13.8 Å². The Labute approximate surface area is 72.1 Å². The third-order valence-electron chi connectivity index (χ3n) is 1.31. The van der Waals surface area contributed by atoms with E-state index < -0.39 is 5.83 Å². The quantitative estimate of drug-likeness (QED) is 0.571. The lowest BCUT2D eigenvalue weighted by Crippen LogP contribution is -1.88. The van der Waals surface area contributed by atoms with E-state index in [-0.39, 0.29) is 11.0 Å². The van der Waals surface area contributed by atoms with Crippen LogP contribution in [0.5, 0.6) is 0 Å². The van der Waals surface area contributed by atoms with Crippen LogP contribution in [-0.2, 0) is 0 Å². The van der Waals surface area contributed by atoms with Crippen molar-refractivity contribution in [3.8, 4) is 0 Å². The van der Waals surface area contributed by atoms with Crippen LogP contribution in [0.1, 0.15) is 13.8 Å². The van der Waals surface area contributed by atoms with Gasteiger partial charge >= 0.3 is 0 Å². The van der Waals surface area contributed by atoms with E-state index in [4.69, 9.17) is 11.6 Å². The maximum atomic E-state index is 12.3. The minimum absolute atomic E-state index is 0.0312. The zero-order valence-corrected chi connectivity index (χ0v) is 7.58. The molecule has 0 aromatic heterocycles. The Balaban J connectivity index is 4.32. The maximum absolute atomic E-state index is 12.3. The number of hydrogen-bond acceptors (Lipinski definition) is 0. The molecule has 0 aromatic rings. The first-order valence-electron chi connectivity index (χ1n) is 3.36. The van der Waals surface area contributed by atoms with Crippen LogP contribution in [0.2, 0.25) is 0 Å². The molecule has 0 rings (SSSR count). The summed E-state index contributed by atoms with van der Waals surface area (Å²) < 4.78 is 12.3. The van der Waals surface area contributed by atoms with E-state index in [2.05, 4.69) is 13.2 Å². The highest BCUT2D eigenvalue weighted by Gasteiger charge is 2.00. The molecule has 0 heterocycles. The Bertz CT molecular complexity index is 202. The fraction of sp³-hybridized carbons (Fsp3) is 0.333. The smallest absolute Gasteiger partial charge is 0.134 e. The Morgan fingerprint density at radius 3 is 2.18 bits per heavy atom. The summed E-state index contributed by atoms with van der Waals surface area (Å²) in [6.45, 7) is 10.7. The van der Waals surface area contributed by atoms with Crippen LogP contribution in [0.3, 0.4) is 0 Å². The molecule has 0 saturated carbocycles. The summed E-state index contributed by atoms with van der Waals surface area (Å²) in [5.41, 5.74) is 0.800. The molecule has 11 heavy (non-hydrogen) atoms. The summed E-state index contributed by atoms with van der Waals surface area (Å²) >= 11 is 5.48. The van der Waals surface area contributed by atoms with Gasteiger partial charge in [-0.05, 0) is 12.0 Å². The van der Waals surface area contributed by atoms with Crippen molar-refractivity contribution >= 4 is 11.6 Å². The first-order chi connectivity index (χ1) is 4.95. The van der Waals surface area contributed by atoms with Gasteiger partial charge in [0.1, 0.15) is 5.83 Å². The van der Waals surface area contributed by atoms with E-state index in [1.807, 2.05) is 13.8 Å². The minimum Gasteiger partial charge on any atom is -0.206 e. The Hall–Kier alpha value is -0.560. The number of halogens is 2. The Kier molecular flexibility index (Phi) is 4.12. The van der Waals surface area contributed by atoms with E-state index in [0.29, 0.717) is 0 Å². The summed E-state index contributed by atoms with van der Waals surface area (Å²) in [7, 11) is 0. The second-order valence-electron chi connectivity index (χ2n) is 2.63. The van der Waals surface area contributed by atoms with Gasteiger partial charge in [-0.15, -0.1) is 0 Å². The van der Waals surface area contributed by atoms with E-state index in [9.17, 15) is 4.39 Å². The third-order valence-corrected chi connectivity index (χ3v) is 1.63. The zero-order chi connectivity index (χ0) is 9.02. The van der Waals surface area contributed by atoms with Crippen molar-refractivity contribution < 1.29 is 4.39 Å². The standard InChI is InChI=1S/C9H12ClF/c1-6(2)7(3)5-9(10)8(4)11/h5-6H,3-4H2,1-2H3/b9-5+. The second-order valence-corrected chi connectivity index (χ2v) is 3.03. The molecule has 0 amide bonds. The molecule has 0 atom stereocenters. The molecule has 0 fully saturated rings. The molecule has 0 aromatic carbocycles. The SMILES string of the molecule is C=C(F)/C(Cl)=C\C(=C)C(C)C. The average molecular weight is 175 g/mol. The first-order valence-corrected chi connectivity index (χ1v) is 3.73. The molecule has 0 aliphatic carbocycles. The topological polar surface area (TPSA) is 0 Å². The van der Waals surface area contributed by atoms with Gasteiger partial charge in [0.25, 0.3) is 0 Å². The highest BCUT2D eigenvalue weighted by molar-refractivity contribution is 6.31. The van der Waals surface area contributed by atoms with E-state index in [1.54, 1.807) is 0 Å². The fourth-order valence-electron chi connectivity index (χ4n) is 0.408. The Morgan fingerprint density at radius 2 is 1.91 bits per heavy atom. The molecule has 0 bridgehead atoms. The highest BCUT2D eigenvalue weighted by Crippen LogP contribution is 2.18. The lowest BCUT2D eigenvalue weighted by molar-refractivity contribution is 0.665. The minimum atomic E-state index is -0.617. The molecule has 2 heteroatoms. The maximum Gasteiger partial charge on any atom is 0.134 e. The summed E-state index contributed by atoms with van der Waals surface area (Å²) in [4.78, 5) is 0. The van der Waals surface area contributed by atoms with Gasteiger partial charge in [-0.1, -0.05) is 44.2 Å². The van der Waals surface area contributed by atoms with E-state index >= 15 is 0 Å². The summed E-state index contributed by atoms with van der Waals surface area (Å²) in [5, 5.41) is 0.0312. The van der Waals surface area contributed by atoms with Crippen LogP contribution in [0.25, 0.3) is 0 Å². The molecular weight excluding hydrogens is 163 g/mol. The predicted octanol–water partition coefficient (Wildman–Crippen LogP) is 3.80. The van der Waals surface area contributed by atoms with Crippen LogP contribution in [0.15, 0.2) is 35.7 Å². The molecule has 0 aliphatic heterocycles. The van der Waals surface area contributed by atoms with Crippen molar-refractivity contribution in [2.24, 2.45) is 5.92 Å². The molecule has 0 nitrogen and oxygen atoms in total. The molecule has 62 valence electrons. The summed E-state index contributed by atoms with van der Waals surface area (Å²) in [6.07, 6.45) is 1.49. The first kappa shape index (κ1) is 10.4. The van der Waals surface area contributed by atoms with Crippen molar-refractivity contribution in [1.82, 2.24) is 0 Å². The zero-order valence-electron chi connectivity index (χ0n) is 6.82. The lowest BCUT2D eigenvalue weighted by atomic mass is 10.1. The van der Waals surface area contributed by atoms with Crippen LogP contribution in [-0.4, -0.2) is 0 Å². The normalized spacial score (nSPS) is 11.9. The van der Waals surface area contributed by atoms with Gasteiger partial charge in [0.15, 0.2) is 0 Å². The van der Waals surface area contributed by atoms with Crippen molar-refractivity contribution in [3.63, 3.8) is 0 Å². The molecule has 0 aliphatic rings. The monoisotopic (exact) mass is 174 g/mol. The number of rotatable bonds is 3. The Morgan fingerprint density at radius 1 is 1.45 bits per heavy atom. The van der Waals surface area contributed by atoms with Gasteiger partial charge in [-0.3, -0.25) is 0 Å². The fourth-order valence-corrected chi connectivity index (χ4v) is 0.548. The van der Waals surface area contributed by atoms with Crippen molar-refractivity contribution in [2.75, 3.05) is 0 Å². The van der Waals surface area contributed by atoms with Gasteiger partial charge in [0, 0.05) is 0 Å². The molecular formula is C9H12ClF. The van der Waals surface area contributed by atoms with Crippen LogP contribution >= 0.6 is 11.6 Å². The molecule has 0 saturated heterocycles. The molecule has 0 spiro atoms. The third kappa shape index (κ3) is 3.99. The van der Waals surface area contributed by atoms with Gasteiger partial charge < -0.3 is 0 Å². The summed E-state index contributed by atoms with van der Waals surface area (Å²) in [5.74, 6) is -0.337. The van der Waals surface area contributed by atoms with E-state index in [1.165, 1.54) is 6.08 Å². The van der Waals surface area contributed by atoms with Crippen LogP contribution in [0.4, 0.5) is 4.39 Å².